The number of hydrogen-bond donors (Lipinski definition) is 0. The molecular weight excluding hydrogens is 506 g/mol. The molecule has 6 heteroatoms. The molecule has 0 spiro atoms. The van der Waals surface area contributed by atoms with Gasteiger partial charge in [0.1, 0.15) is 5.82 Å². The maximum absolute atomic E-state index is 13.1. The van der Waals surface area contributed by atoms with Crippen molar-refractivity contribution < 1.29 is 4.79 Å². The minimum atomic E-state index is 0.146. The summed E-state index contributed by atoms with van der Waals surface area (Å²) >= 11 is 0. The monoisotopic (exact) mass is 551 g/mol. The van der Waals surface area contributed by atoms with Crippen molar-refractivity contribution in [1.29, 1.82) is 0 Å². The summed E-state index contributed by atoms with van der Waals surface area (Å²) in [5.74, 6) is 1.16. The molecule has 2 heterocycles. The fourth-order valence-corrected chi connectivity index (χ4v) is 5.30. The van der Waals surface area contributed by atoms with Gasteiger partial charge in [0.2, 0.25) is 0 Å². The SMILES string of the molecule is CCCN(CCC)Cc1ccc(CC(=O)c2ccc(CN(Cc3ncc(C)cc3C)Cc3nccn3C)cc2)cc1. The summed E-state index contributed by atoms with van der Waals surface area (Å²) in [7, 11) is 2.03. The Morgan fingerprint density at radius 3 is 1.98 bits per heavy atom. The molecule has 0 aliphatic heterocycles. The first-order valence-electron chi connectivity index (χ1n) is 14.9. The number of ketones is 1. The predicted molar refractivity (Wildman–Crippen MR) is 167 cm³/mol. The standard InChI is InChI=1S/C35H45N5O/c1-6-17-39(18-7-2)23-30-10-8-29(9-11-30)21-34(41)32-14-12-31(13-15-32)24-40(26-35-36-16-19-38(35)5)25-33-28(4)20-27(3)22-37-33/h8-16,19-20,22H,6-7,17-18,21,23-26H2,1-5H3. The number of rotatable bonds is 15. The first-order chi connectivity index (χ1) is 19.8. The Kier molecular flexibility index (Phi) is 11.0. The second-order valence-corrected chi connectivity index (χ2v) is 11.3. The van der Waals surface area contributed by atoms with E-state index in [0.717, 1.165) is 73.8 Å². The Labute approximate surface area is 246 Å². The summed E-state index contributed by atoms with van der Waals surface area (Å²) in [6.45, 7) is 14.0. The molecule has 0 N–H and O–H groups in total. The number of benzene rings is 2. The summed E-state index contributed by atoms with van der Waals surface area (Å²) in [5.41, 5.74) is 7.72. The van der Waals surface area contributed by atoms with Gasteiger partial charge in [0, 0.05) is 57.3 Å². The lowest BCUT2D eigenvalue weighted by molar-refractivity contribution is 0.0993. The average molecular weight is 552 g/mol. The topological polar surface area (TPSA) is 54.3 Å². The van der Waals surface area contributed by atoms with E-state index in [1.54, 1.807) is 0 Å². The van der Waals surface area contributed by atoms with E-state index in [0.29, 0.717) is 13.0 Å². The number of pyridine rings is 1. The normalized spacial score (nSPS) is 11.5. The van der Waals surface area contributed by atoms with Crippen molar-refractivity contribution in [3.8, 4) is 0 Å². The Bertz CT molecular complexity index is 1390. The molecule has 0 amide bonds. The van der Waals surface area contributed by atoms with Crippen LogP contribution in [0.25, 0.3) is 0 Å². The molecule has 41 heavy (non-hydrogen) atoms. The molecule has 0 saturated heterocycles. The van der Waals surface area contributed by atoms with Gasteiger partial charge < -0.3 is 4.57 Å². The first kappa shape index (κ1) is 30.4. The minimum absolute atomic E-state index is 0.146. The third-order valence-corrected chi connectivity index (χ3v) is 7.54. The minimum Gasteiger partial charge on any atom is -0.337 e. The van der Waals surface area contributed by atoms with Crippen LogP contribution in [0, 0.1) is 13.8 Å². The molecule has 0 aliphatic rings. The molecule has 216 valence electrons. The number of hydrogen-bond acceptors (Lipinski definition) is 5. The molecule has 4 aromatic rings. The molecule has 0 aliphatic carbocycles. The Hall–Kier alpha value is -3.61. The second kappa shape index (κ2) is 14.9. The van der Waals surface area contributed by atoms with Gasteiger partial charge in [0.25, 0.3) is 0 Å². The van der Waals surface area contributed by atoms with Gasteiger partial charge in [-0.3, -0.25) is 19.6 Å². The summed E-state index contributed by atoms with van der Waals surface area (Å²) in [5, 5.41) is 0. The zero-order valence-corrected chi connectivity index (χ0v) is 25.4. The van der Waals surface area contributed by atoms with Crippen LogP contribution in [0.5, 0.6) is 0 Å². The van der Waals surface area contributed by atoms with Crippen molar-refractivity contribution in [3.63, 3.8) is 0 Å². The van der Waals surface area contributed by atoms with Crippen molar-refractivity contribution >= 4 is 5.78 Å². The molecule has 2 aromatic heterocycles. The number of imidazole rings is 1. The first-order valence-corrected chi connectivity index (χ1v) is 14.9. The van der Waals surface area contributed by atoms with E-state index in [-0.39, 0.29) is 5.78 Å². The molecule has 0 fully saturated rings. The number of nitrogens with zero attached hydrogens (tertiary/aromatic N) is 5. The molecule has 4 rings (SSSR count). The quantitative estimate of drug-likeness (QED) is 0.154. The summed E-state index contributed by atoms with van der Waals surface area (Å²) in [4.78, 5) is 27.2. The molecule has 0 bridgehead atoms. The highest BCUT2D eigenvalue weighted by atomic mass is 16.1. The van der Waals surface area contributed by atoms with Crippen molar-refractivity contribution in [2.45, 2.75) is 73.1 Å². The smallest absolute Gasteiger partial charge is 0.167 e. The van der Waals surface area contributed by atoms with Crippen molar-refractivity contribution in [2.75, 3.05) is 13.1 Å². The van der Waals surface area contributed by atoms with Crippen LogP contribution in [0.15, 0.2) is 73.2 Å². The van der Waals surface area contributed by atoms with E-state index in [1.807, 2.05) is 37.8 Å². The lowest BCUT2D eigenvalue weighted by Crippen LogP contribution is -2.25. The second-order valence-electron chi connectivity index (χ2n) is 11.3. The predicted octanol–water partition coefficient (Wildman–Crippen LogP) is 6.68. The summed E-state index contributed by atoms with van der Waals surface area (Å²) < 4.78 is 2.06. The van der Waals surface area contributed by atoms with Crippen LogP contribution in [0.1, 0.15) is 76.4 Å². The fourth-order valence-electron chi connectivity index (χ4n) is 5.30. The van der Waals surface area contributed by atoms with Gasteiger partial charge in [-0.2, -0.15) is 0 Å². The Balaban J connectivity index is 1.39. The maximum atomic E-state index is 13.1. The van der Waals surface area contributed by atoms with Crippen LogP contribution >= 0.6 is 0 Å². The zero-order valence-electron chi connectivity index (χ0n) is 25.4. The highest BCUT2D eigenvalue weighted by Crippen LogP contribution is 2.17. The van der Waals surface area contributed by atoms with E-state index in [1.165, 1.54) is 16.7 Å². The summed E-state index contributed by atoms with van der Waals surface area (Å²) in [6.07, 6.45) is 8.49. The van der Waals surface area contributed by atoms with Gasteiger partial charge in [0.05, 0.1) is 12.2 Å². The lowest BCUT2D eigenvalue weighted by Gasteiger charge is -2.23. The molecule has 2 aromatic carbocycles. The van der Waals surface area contributed by atoms with Crippen LogP contribution in [0.2, 0.25) is 0 Å². The molecular formula is C35H45N5O. The van der Waals surface area contributed by atoms with Gasteiger partial charge in [0.15, 0.2) is 5.78 Å². The molecule has 0 saturated carbocycles. The Morgan fingerprint density at radius 1 is 0.780 bits per heavy atom. The molecule has 0 atom stereocenters. The Morgan fingerprint density at radius 2 is 1.39 bits per heavy atom. The van der Waals surface area contributed by atoms with Gasteiger partial charge in [-0.1, -0.05) is 68.4 Å². The van der Waals surface area contributed by atoms with E-state index >= 15 is 0 Å². The van der Waals surface area contributed by atoms with Gasteiger partial charge in [-0.25, -0.2) is 4.98 Å². The number of aromatic nitrogens is 3. The highest BCUT2D eigenvalue weighted by molar-refractivity contribution is 5.97. The third kappa shape index (κ3) is 8.94. The van der Waals surface area contributed by atoms with Crippen LogP contribution in [0.4, 0.5) is 0 Å². The summed E-state index contributed by atoms with van der Waals surface area (Å²) in [6, 6.07) is 18.8. The third-order valence-electron chi connectivity index (χ3n) is 7.54. The number of carbonyl (C=O) groups excluding carboxylic acids is 1. The van der Waals surface area contributed by atoms with E-state index in [2.05, 4.69) is 89.5 Å². The van der Waals surface area contributed by atoms with E-state index in [9.17, 15) is 4.79 Å². The largest absolute Gasteiger partial charge is 0.337 e. The van der Waals surface area contributed by atoms with E-state index in [4.69, 9.17) is 4.98 Å². The molecule has 6 nitrogen and oxygen atoms in total. The number of carbonyl (C=O) groups is 1. The highest BCUT2D eigenvalue weighted by Gasteiger charge is 2.15. The fraction of sp³-hybridized carbons (Fsp3) is 0.400. The number of aryl methyl sites for hydroxylation is 3. The van der Waals surface area contributed by atoms with Gasteiger partial charge in [-0.05, 0) is 67.6 Å². The van der Waals surface area contributed by atoms with Crippen LogP contribution in [-0.2, 0) is 39.6 Å². The maximum Gasteiger partial charge on any atom is 0.167 e. The van der Waals surface area contributed by atoms with Crippen LogP contribution in [0.3, 0.4) is 0 Å². The molecule has 0 radical (unpaired) electrons. The zero-order chi connectivity index (χ0) is 29.2. The van der Waals surface area contributed by atoms with Crippen molar-refractivity contribution in [1.82, 2.24) is 24.3 Å². The van der Waals surface area contributed by atoms with Crippen molar-refractivity contribution in [2.24, 2.45) is 7.05 Å². The van der Waals surface area contributed by atoms with Gasteiger partial charge >= 0.3 is 0 Å². The van der Waals surface area contributed by atoms with Crippen LogP contribution in [-0.4, -0.2) is 43.2 Å². The van der Waals surface area contributed by atoms with Crippen molar-refractivity contribution in [3.05, 3.63) is 118 Å². The molecule has 0 unspecified atom stereocenters. The van der Waals surface area contributed by atoms with Gasteiger partial charge in [-0.15, -0.1) is 0 Å². The number of Topliss-reactive ketones (excluding diaryl/α,β-unsaturated/α-hetero) is 1. The van der Waals surface area contributed by atoms with Crippen LogP contribution < -0.4 is 0 Å². The lowest BCUT2D eigenvalue weighted by atomic mass is 10.0. The average Bonchev–Trinajstić information content (AvgIpc) is 3.36. The van der Waals surface area contributed by atoms with E-state index < -0.39 is 0 Å².